The monoisotopic (exact) mass is 567 g/mol. The first kappa shape index (κ1) is 28.0. The Morgan fingerprint density at radius 1 is 0.905 bits per heavy atom. The Hall–Kier alpha value is -4.17. The molecule has 1 aliphatic carbocycles. The molecule has 2 aliphatic heterocycles. The molecule has 8 nitrogen and oxygen atoms in total. The first-order valence-corrected chi connectivity index (χ1v) is 14.8. The van der Waals surface area contributed by atoms with E-state index in [1.807, 2.05) is 42.5 Å². The molecular weight excluding hydrogens is 530 g/mol. The number of alkyl carbamates (subject to hydrolysis) is 1. The fourth-order valence-electron chi connectivity index (χ4n) is 6.66. The highest BCUT2D eigenvalue weighted by Crippen LogP contribution is 2.44. The van der Waals surface area contributed by atoms with E-state index in [9.17, 15) is 19.5 Å². The van der Waals surface area contributed by atoms with Gasteiger partial charge < -0.3 is 20.1 Å². The van der Waals surface area contributed by atoms with Gasteiger partial charge in [0.1, 0.15) is 12.1 Å². The van der Waals surface area contributed by atoms with Gasteiger partial charge in [-0.1, -0.05) is 85.8 Å². The molecule has 3 aromatic rings. The van der Waals surface area contributed by atoms with E-state index in [1.165, 1.54) is 5.56 Å². The van der Waals surface area contributed by atoms with E-state index >= 15 is 0 Å². The van der Waals surface area contributed by atoms with Crippen molar-refractivity contribution in [2.75, 3.05) is 32.8 Å². The smallest absolute Gasteiger partial charge is 0.408 e. The summed E-state index contributed by atoms with van der Waals surface area (Å²) in [7, 11) is 0. The molecule has 1 unspecified atom stereocenters. The summed E-state index contributed by atoms with van der Waals surface area (Å²) in [6.45, 7) is 4.69. The molecule has 2 fully saturated rings. The molecule has 2 saturated heterocycles. The zero-order valence-electron chi connectivity index (χ0n) is 23.9. The van der Waals surface area contributed by atoms with Gasteiger partial charge in [0.15, 0.2) is 0 Å². The maximum absolute atomic E-state index is 13.9. The van der Waals surface area contributed by atoms with Crippen LogP contribution < -0.4 is 5.32 Å². The Morgan fingerprint density at radius 2 is 1.48 bits per heavy atom. The summed E-state index contributed by atoms with van der Waals surface area (Å²) in [6.07, 6.45) is 0.314. The van der Waals surface area contributed by atoms with Gasteiger partial charge in [0, 0.05) is 44.6 Å². The normalized spacial score (nSPS) is 18.8. The van der Waals surface area contributed by atoms with E-state index in [4.69, 9.17) is 4.74 Å². The second-order valence-corrected chi connectivity index (χ2v) is 11.9. The Balaban J connectivity index is 1.15. The second-order valence-electron chi connectivity index (χ2n) is 11.9. The van der Waals surface area contributed by atoms with Crippen LogP contribution in [0.3, 0.4) is 0 Å². The molecule has 0 radical (unpaired) electrons. The summed E-state index contributed by atoms with van der Waals surface area (Å²) in [4.78, 5) is 42.7. The molecule has 3 aliphatic rings. The number of hydrogen-bond donors (Lipinski definition) is 2. The molecule has 0 aromatic heterocycles. The maximum atomic E-state index is 13.9. The zero-order valence-corrected chi connectivity index (χ0v) is 23.9. The number of fused-ring (bicyclic) bond motifs is 3. The molecule has 1 atom stereocenters. The molecule has 2 N–H and O–H groups in total. The first-order valence-electron chi connectivity index (χ1n) is 14.8. The van der Waals surface area contributed by atoms with Crippen molar-refractivity contribution in [3.05, 3.63) is 95.6 Å². The molecule has 8 heteroatoms. The number of ether oxygens (including phenoxy) is 1. The van der Waals surface area contributed by atoms with Crippen LogP contribution in [0.4, 0.5) is 4.79 Å². The topological polar surface area (TPSA) is 99.2 Å². The third-order valence-electron chi connectivity index (χ3n) is 9.35. The highest BCUT2D eigenvalue weighted by atomic mass is 16.5. The number of carboxylic acids is 1. The van der Waals surface area contributed by atoms with Crippen LogP contribution in [0.5, 0.6) is 0 Å². The van der Waals surface area contributed by atoms with E-state index in [1.54, 1.807) is 11.8 Å². The Morgan fingerprint density at radius 3 is 2.07 bits per heavy atom. The molecule has 218 valence electrons. The fraction of sp³-hybridized carbons (Fsp3) is 0.382. The number of hydrogen-bond acceptors (Lipinski definition) is 5. The largest absolute Gasteiger partial charge is 0.481 e. The van der Waals surface area contributed by atoms with Gasteiger partial charge in [0.05, 0.1) is 5.92 Å². The minimum absolute atomic E-state index is 0.0730. The second kappa shape index (κ2) is 11.6. The summed E-state index contributed by atoms with van der Waals surface area (Å²) in [6, 6.07) is 26.6. The van der Waals surface area contributed by atoms with Crippen LogP contribution in [0.25, 0.3) is 11.1 Å². The van der Waals surface area contributed by atoms with Gasteiger partial charge in [-0.25, -0.2) is 4.79 Å². The lowest BCUT2D eigenvalue weighted by Gasteiger charge is -2.48. The third-order valence-corrected chi connectivity index (χ3v) is 9.35. The summed E-state index contributed by atoms with van der Waals surface area (Å²) in [5, 5.41) is 12.4. The van der Waals surface area contributed by atoms with Crippen LogP contribution in [0.15, 0.2) is 78.9 Å². The lowest BCUT2D eigenvalue weighted by Crippen LogP contribution is -2.67. The number of nitrogens with zero attached hydrogens (tertiary/aromatic N) is 2. The summed E-state index contributed by atoms with van der Waals surface area (Å²) < 4.78 is 5.85. The van der Waals surface area contributed by atoms with Gasteiger partial charge in [-0.15, -0.1) is 0 Å². The van der Waals surface area contributed by atoms with Crippen molar-refractivity contribution in [3.8, 4) is 11.1 Å². The minimum atomic E-state index is -1.09. The van der Waals surface area contributed by atoms with Crippen molar-refractivity contribution in [1.82, 2.24) is 15.1 Å². The van der Waals surface area contributed by atoms with Crippen molar-refractivity contribution in [1.29, 1.82) is 0 Å². The van der Waals surface area contributed by atoms with Crippen LogP contribution in [0.2, 0.25) is 0 Å². The molecule has 2 amide bonds. The van der Waals surface area contributed by atoms with Gasteiger partial charge in [-0.2, -0.15) is 0 Å². The number of amides is 2. The molecule has 2 heterocycles. The number of aliphatic carboxylic acids is 1. The molecular formula is C34H37N3O5. The van der Waals surface area contributed by atoms with Gasteiger partial charge >= 0.3 is 12.1 Å². The van der Waals surface area contributed by atoms with E-state index in [0.29, 0.717) is 39.0 Å². The number of nitrogens with one attached hydrogen (secondary N) is 1. The average Bonchev–Trinajstić information content (AvgIpc) is 3.30. The first-order chi connectivity index (χ1) is 20.3. The number of carbonyl (C=O) groups excluding carboxylic acids is 2. The van der Waals surface area contributed by atoms with Crippen LogP contribution >= 0.6 is 0 Å². The third kappa shape index (κ3) is 5.39. The van der Waals surface area contributed by atoms with Crippen LogP contribution in [-0.2, 0) is 20.9 Å². The predicted molar refractivity (Wildman–Crippen MR) is 159 cm³/mol. The fourth-order valence-corrected chi connectivity index (χ4v) is 6.66. The number of carbonyl (C=O) groups is 3. The Labute approximate surface area is 246 Å². The van der Waals surface area contributed by atoms with Gasteiger partial charge in [-0.3, -0.25) is 14.5 Å². The van der Waals surface area contributed by atoms with Crippen molar-refractivity contribution in [2.24, 2.45) is 11.8 Å². The number of rotatable bonds is 8. The SMILES string of the molecule is CC(C(=O)O)C1CN(C(=O)C2(NC(=O)OCC3c4ccccc4-c4ccccc43)CCN(Cc3ccccc3)CC2)C1. The molecule has 6 rings (SSSR count). The quantitative estimate of drug-likeness (QED) is 0.408. The van der Waals surface area contributed by atoms with Crippen LogP contribution in [0, 0.1) is 11.8 Å². The molecule has 42 heavy (non-hydrogen) atoms. The summed E-state index contributed by atoms with van der Waals surface area (Å²) in [5.74, 6) is -1.68. The van der Waals surface area contributed by atoms with Gasteiger partial charge in [0.2, 0.25) is 5.91 Å². The zero-order chi connectivity index (χ0) is 29.3. The number of piperidine rings is 1. The van der Waals surface area contributed by atoms with E-state index in [0.717, 1.165) is 28.8 Å². The molecule has 0 spiro atoms. The van der Waals surface area contributed by atoms with E-state index in [-0.39, 0.29) is 24.3 Å². The maximum Gasteiger partial charge on any atom is 0.408 e. The number of carboxylic acid groups (broad SMARTS) is 1. The predicted octanol–water partition coefficient (Wildman–Crippen LogP) is 4.74. The van der Waals surface area contributed by atoms with Gasteiger partial charge in [0.25, 0.3) is 0 Å². The number of benzene rings is 3. The van der Waals surface area contributed by atoms with E-state index in [2.05, 4.69) is 46.6 Å². The molecule has 0 bridgehead atoms. The summed E-state index contributed by atoms with van der Waals surface area (Å²) in [5.41, 5.74) is 4.68. The average molecular weight is 568 g/mol. The molecule has 3 aromatic carbocycles. The van der Waals surface area contributed by atoms with Crippen molar-refractivity contribution >= 4 is 18.0 Å². The van der Waals surface area contributed by atoms with E-state index < -0.39 is 23.5 Å². The highest BCUT2D eigenvalue weighted by molar-refractivity contribution is 5.91. The minimum Gasteiger partial charge on any atom is -0.481 e. The van der Waals surface area contributed by atoms with Crippen LogP contribution in [-0.4, -0.2) is 71.2 Å². The van der Waals surface area contributed by atoms with Gasteiger partial charge in [-0.05, 0) is 40.7 Å². The Kier molecular flexibility index (Phi) is 7.73. The van der Waals surface area contributed by atoms with Crippen LogP contribution in [0.1, 0.15) is 42.4 Å². The standard InChI is InChI=1S/C34H37N3O5/c1-23(31(38)39)25-20-37(21-25)32(40)34(15-17-36(18-16-34)19-24-9-3-2-4-10-24)35-33(41)42-22-30-28-13-7-5-11-26(28)27-12-6-8-14-29(27)30/h2-14,23,25,30H,15-22H2,1H3,(H,35,41)(H,38,39). The highest BCUT2D eigenvalue weighted by Gasteiger charge is 2.49. The lowest BCUT2D eigenvalue weighted by molar-refractivity contribution is -0.155. The summed E-state index contributed by atoms with van der Waals surface area (Å²) >= 11 is 0. The molecule has 0 saturated carbocycles. The Bertz CT molecular complexity index is 1420. The van der Waals surface area contributed by atoms with Crippen molar-refractivity contribution < 1.29 is 24.2 Å². The lowest BCUT2D eigenvalue weighted by atomic mass is 9.81. The van der Waals surface area contributed by atoms with Crippen molar-refractivity contribution in [2.45, 2.75) is 37.8 Å². The van der Waals surface area contributed by atoms with Crippen molar-refractivity contribution in [3.63, 3.8) is 0 Å². The number of likely N-dealkylation sites (tertiary alicyclic amines) is 2.